The van der Waals surface area contributed by atoms with E-state index < -0.39 is 0 Å². The molecule has 68 valence electrons. The average molecular weight is 178 g/mol. The zero-order valence-electron chi connectivity index (χ0n) is 7.67. The van der Waals surface area contributed by atoms with Gasteiger partial charge in [-0.15, -0.1) is 0 Å². The Labute approximate surface area is 76.9 Å². The lowest BCUT2D eigenvalue weighted by Crippen LogP contribution is -1.95. The Balaban J connectivity index is 3.08. The molecule has 1 aromatic rings. The van der Waals surface area contributed by atoms with Crippen LogP contribution in [-0.2, 0) is 0 Å². The average Bonchev–Trinajstić information content (AvgIpc) is 2.03. The third kappa shape index (κ3) is 2.51. The molecule has 1 nitrogen and oxygen atoms in total. The van der Waals surface area contributed by atoms with E-state index in [0.29, 0.717) is 5.56 Å². The molecule has 0 saturated carbocycles. The number of hydrogen-bond donors (Lipinski definition) is 0. The number of benzene rings is 1. The highest BCUT2D eigenvalue weighted by Gasteiger charge is 2.03. The number of allylic oxidation sites excluding steroid dienone is 2. The van der Waals surface area contributed by atoms with Crippen LogP contribution in [0.4, 0.5) is 4.39 Å². The lowest BCUT2D eigenvalue weighted by Gasteiger charge is -1.98. The lowest BCUT2D eigenvalue weighted by atomic mass is 10.1. The van der Waals surface area contributed by atoms with Gasteiger partial charge in [0.15, 0.2) is 5.78 Å². The van der Waals surface area contributed by atoms with E-state index >= 15 is 0 Å². The van der Waals surface area contributed by atoms with Crippen molar-refractivity contribution in [3.8, 4) is 0 Å². The Morgan fingerprint density at radius 3 is 2.62 bits per heavy atom. The van der Waals surface area contributed by atoms with E-state index in [0.717, 1.165) is 5.56 Å². The molecule has 0 N–H and O–H groups in total. The zero-order chi connectivity index (χ0) is 9.84. The fourth-order valence-electron chi connectivity index (χ4n) is 1.13. The largest absolute Gasteiger partial charge is 0.289 e. The van der Waals surface area contributed by atoms with E-state index in [2.05, 4.69) is 0 Å². The summed E-state index contributed by atoms with van der Waals surface area (Å²) in [5.74, 6) is -0.530. The predicted octanol–water partition coefficient (Wildman–Crippen LogP) is 2.89. The van der Waals surface area contributed by atoms with Gasteiger partial charge in [-0.25, -0.2) is 4.39 Å². The maximum atomic E-state index is 12.9. The summed E-state index contributed by atoms with van der Waals surface area (Å²) in [6.45, 7) is 3.51. The van der Waals surface area contributed by atoms with Crippen LogP contribution >= 0.6 is 0 Å². The first-order valence-corrected chi connectivity index (χ1v) is 4.07. The van der Waals surface area contributed by atoms with Gasteiger partial charge < -0.3 is 0 Å². The molecule has 0 bridgehead atoms. The minimum Gasteiger partial charge on any atom is -0.289 e. The van der Waals surface area contributed by atoms with Crippen LogP contribution in [0, 0.1) is 12.7 Å². The van der Waals surface area contributed by atoms with Crippen LogP contribution in [0.25, 0.3) is 0 Å². The van der Waals surface area contributed by atoms with Gasteiger partial charge >= 0.3 is 0 Å². The van der Waals surface area contributed by atoms with Gasteiger partial charge in [0.2, 0.25) is 0 Å². The summed E-state index contributed by atoms with van der Waals surface area (Å²) >= 11 is 0. The first kappa shape index (κ1) is 9.65. The fourth-order valence-corrected chi connectivity index (χ4v) is 1.13. The van der Waals surface area contributed by atoms with Crippen molar-refractivity contribution in [1.82, 2.24) is 0 Å². The summed E-state index contributed by atoms with van der Waals surface area (Å²) in [5, 5.41) is 0. The number of hydrogen-bond acceptors (Lipinski definition) is 1. The summed E-state index contributed by atoms with van der Waals surface area (Å²) in [7, 11) is 0. The molecule has 13 heavy (non-hydrogen) atoms. The van der Waals surface area contributed by atoms with Crippen LogP contribution in [0.2, 0.25) is 0 Å². The van der Waals surface area contributed by atoms with Crippen molar-refractivity contribution in [2.75, 3.05) is 0 Å². The van der Waals surface area contributed by atoms with Crippen molar-refractivity contribution in [3.05, 3.63) is 47.3 Å². The van der Waals surface area contributed by atoms with Crippen LogP contribution in [-0.4, -0.2) is 5.78 Å². The van der Waals surface area contributed by atoms with Crippen molar-refractivity contribution in [1.29, 1.82) is 0 Å². The number of carbonyl (C=O) groups is 1. The van der Waals surface area contributed by atoms with E-state index in [-0.39, 0.29) is 11.6 Å². The lowest BCUT2D eigenvalue weighted by molar-refractivity contribution is 0.104. The molecule has 0 spiro atoms. The molecule has 0 aliphatic heterocycles. The second kappa shape index (κ2) is 3.99. The highest BCUT2D eigenvalue weighted by molar-refractivity contribution is 6.04. The van der Waals surface area contributed by atoms with Crippen molar-refractivity contribution in [2.24, 2.45) is 0 Å². The van der Waals surface area contributed by atoms with Gasteiger partial charge in [-0.1, -0.05) is 6.08 Å². The second-order valence-electron chi connectivity index (χ2n) is 2.88. The fraction of sp³-hybridized carbons (Fsp3) is 0.182. The number of ketones is 1. The number of carbonyl (C=O) groups excluding carboxylic acids is 1. The summed E-state index contributed by atoms with van der Waals surface area (Å²) in [4.78, 5) is 11.3. The zero-order valence-corrected chi connectivity index (χ0v) is 7.67. The van der Waals surface area contributed by atoms with Crippen molar-refractivity contribution in [2.45, 2.75) is 13.8 Å². The highest BCUT2D eigenvalue weighted by Crippen LogP contribution is 2.09. The number of aryl methyl sites for hydroxylation is 1. The van der Waals surface area contributed by atoms with E-state index in [4.69, 9.17) is 0 Å². The summed E-state index contributed by atoms with van der Waals surface area (Å²) in [6, 6.07) is 4.31. The van der Waals surface area contributed by atoms with Gasteiger partial charge in [-0.3, -0.25) is 4.79 Å². The Bertz CT molecular complexity index is 333. The molecule has 1 aromatic carbocycles. The molecule has 0 unspecified atom stereocenters. The molecule has 0 amide bonds. The van der Waals surface area contributed by atoms with Crippen LogP contribution < -0.4 is 0 Å². The first-order chi connectivity index (χ1) is 6.13. The third-order valence-electron chi connectivity index (χ3n) is 1.64. The minimum atomic E-state index is -0.368. The van der Waals surface area contributed by atoms with Gasteiger partial charge in [-0.05, 0) is 43.7 Å². The Kier molecular flexibility index (Phi) is 2.96. The second-order valence-corrected chi connectivity index (χ2v) is 2.88. The molecule has 0 aromatic heterocycles. The van der Waals surface area contributed by atoms with Crippen LogP contribution in [0.3, 0.4) is 0 Å². The normalized spacial score (nSPS) is 10.7. The van der Waals surface area contributed by atoms with E-state index in [9.17, 15) is 9.18 Å². The SMILES string of the molecule is CC=CC(=O)c1cc(C)cc(F)c1. The molecule has 1 rings (SSSR count). The number of rotatable bonds is 2. The van der Waals surface area contributed by atoms with Crippen molar-refractivity contribution < 1.29 is 9.18 Å². The monoisotopic (exact) mass is 178 g/mol. The third-order valence-corrected chi connectivity index (χ3v) is 1.64. The first-order valence-electron chi connectivity index (χ1n) is 4.07. The molecule has 0 aliphatic rings. The molecule has 0 atom stereocenters. The molecule has 2 heteroatoms. The van der Waals surface area contributed by atoms with Crippen molar-refractivity contribution in [3.63, 3.8) is 0 Å². The molecular weight excluding hydrogens is 167 g/mol. The molecule has 0 fully saturated rings. The van der Waals surface area contributed by atoms with Gasteiger partial charge in [0.25, 0.3) is 0 Å². The van der Waals surface area contributed by atoms with Crippen LogP contribution in [0.15, 0.2) is 30.4 Å². The Morgan fingerprint density at radius 2 is 2.08 bits per heavy atom. The minimum absolute atomic E-state index is 0.162. The van der Waals surface area contributed by atoms with Crippen LogP contribution in [0.1, 0.15) is 22.8 Å². The molecule has 0 heterocycles. The van der Waals surface area contributed by atoms with E-state index in [1.54, 1.807) is 26.0 Å². The molecular formula is C11H11FO. The quantitative estimate of drug-likeness (QED) is 0.502. The Hall–Kier alpha value is -1.44. The summed E-state index contributed by atoms with van der Waals surface area (Å²) < 4.78 is 12.9. The Morgan fingerprint density at radius 1 is 1.38 bits per heavy atom. The molecule has 0 saturated heterocycles. The number of halogens is 1. The molecule has 0 aliphatic carbocycles. The van der Waals surface area contributed by atoms with Crippen molar-refractivity contribution >= 4 is 5.78 Å². The maximum absolute atomic E-state index is 12.9. The van der Waals surface area contributed by atoms with E-state index in [1.807, 2.05) is 0 Å². The predicted molar refractivity (Wildman–Crippen MR) is 50.3 cm³/mol. The highest BCUT2D eigenvalue weighted by atomic mass is 19.1. The van der Waals surface area contributed by atoms with E-state index in [1.165, 1.54) is 18.2 Å². The van der Waals surface area contributed by atoms with Gasteiger partial charge in [-0.2, -0.15) is 0 Å². The van der Waals surface area contributed by atoms with Gasteiger partial charge in [0.1, 0.15) is 5.82 Å². The van der Waals surface area contributed by atoms with Crippen LogP contribution in [0.5, 0.6) is 0 Å². The topological polar surface area (TPSA) is 17.1 Å². The molecule has 0 radical (unpaired) electrons. The summed E-state index contributed by atoms with van der Waals surface area (Å²) in [6.07, 6.45) is 3.07. The standard InChI is InChI=1S/C11H11FO/c1-3-4-11(13)9-5-8(2)6-10(12)7-9/h3-7H,1-2H3. The van der Waals surface area contributed by atoms with Gasteiger partial charge in [0, 0.05) is 5.56 Å². The maximum Gasteiger partial charge on any atom is 0.185 e. The summed E-state index contributed by atoms with van der Waals surface area (Å²) in [5.41, 5.74) is 1.16. The van der Waals surface area contributed by atoms with Gasteiger partial charge in [0.05, 0.1) is 0 Å². The smallest absolute Gasteiger partial charge is 0.185 e.